The number of rotatable bonds is 5. The molecule has 100 valence electrons. The van der Waals surface area contributed by atoms with Gasteiger partial charge in [-0.05, 0) is 18.6 Å². The van der Waals surface area contributed by atoms with Gasteiger partial charge in [-0.15, -0.1) is 0 Å². The lowest BCUT2D eigenvalue weighted by Gasteiger charge is -2.21. The molecule has 0 atom stereocenters. The first-order valence-corrected chi connectivity index (χ1v) is 7.83. The van der Waals surface area contributed by atoms with Crippen molar-refractivity contribution in [3.8, 4) is 0 Å². The Morgan fingerprint density at radius 1 is 1.56 bits per heavy atom. The topological polar surface area (TPSA) is 76.3 Å². The summed E-state index contributed by atoms with van der Waals surface area (Å²) in [4.78, 5) is 6.24. The van der Waals surface area contributed by atoms with E-state index in [1.165, 1.54) is 6.26 Å². The fraction of sp³-hybridized carbons (Fsp3) is 0.455. The Morgan fingerprint density at radius 2 is 2.17 bits per heavy atom. The van der Waals surface area contributed by atoms with E-state index >= 15 is 0 Å². The second-order valence-corrected chi connectivity index (χ2v) is 6.94. The number of nitrogens with two attached hydrogens (primary N) is 1. The zero-order valence-electron chi connectivity index (χ0n) is 10.7. The van der Waals surface area contributed by atoms with Gasteiger partial charge >= 0.3 is 0 Å². The van der Waals surface area contributed by atoms with E-state index in [0.29, 0.717) is 17.9 Å². The van der Waals surface area contributed by atoms with Crippen molar-refractivity contribution >= 4 is 32.9 Å². The maximum atomic E-state index is 11.2. The van der Waals surface area contributed by atoms with Crippen molar-refractivity contribution in [2.45, 2.75) is 6.92 Å². The minimum Gasteiger partial charge on any atom is -0.389 e. The minimum atomic E-state index is -3.00. The highest BCUT2D eigenvalue weighted by Crippen LogP contribution is 2.19. The first kappa shape index (κ1) is 14.8. The number of nitrogens with zero attached hydrogens (tertiary/aromatic N) is 2. The van der Waals surface area contributed by atoms with Crippen molar-refractivity contribution in [2.75, 3.05) is 30.5 Å². The molecule has 0 aliphatic carbocycles. The van der Waals surface area contributed by atoms with Crippen molar-refractivity contribution < 1.29 is 8.42 Å². The quantitative estimate of drug-likeness (QED) is 0.795. The van der Waals surface area contributed by atoms with Crippen molar-refractivity contribution in [3.63, 3.8) is 0 Å². The van der Waals surface area contributed by atoms with Crippen molar-refractivity contribution in [1.82, 2.24) is 4.98 Å². The number of aromatic nitrogens is 1. The summed E-state index contributed by atoms with van der Waals surface area (Å²) in [5.41, 5.74) is 7.31. The van der Waals surface area contributed by atoms with Crippen LogP contribution in [0.1, 0.15) is 11.1 Å². The molecule has 5 nitrogen and oxygen atoms in total. The van der Waals surface area contributed by atoms with Gasteiger partial charge in [0.1, 0.15) is 20.6 Å². The Kier molecular flexibility index (Phi) is 4.64. The molecule has 7 heteroatoms. The molecule has 0 amide bonds. The van der Waals surface area contributed by atoms with Crippen LogP contribution in [0.4, 0.5) is 5.82 Å². The van der Waals surface area contributed by atoms with Gasteiger partial charge in [0.15, 0.2) is 0 Å². The maximum absolute atomic E-state index is 11.2. The molecule has 0 unspecified atom stereocenters. The van der Waals surface area contributed by atoms with Gasteiger partial charge in [-0.2, -0.15) is 0 Å². The predicted molar refractivity (Wildman–Crippen MR) is 77.8 cm³/mol. The number of hydrogen-bond donors (Lipinski definition) is 1. The molecule has 1 rings (SSSR count). The van der Waals surface area contributed by atoms with E-state index in [1.807, 2.05) is 13.0 Å². The maximum Gasteiger partial charge on any atom is 0.149 e. The summed E-state index contributed by atoms with van der Waals surface area (Å²) < 4.78 is 22.3. The molecular weight excluding hydrogens is 270 g/mol. The summed E-state index contributed by atoms with van der Waals surface area (Å²) in [5.74, 6) is 0.682. The Morgan fingerprint density at radius 3 is 2.67 bits per heavy atom. The first-order valence-electron chi connectivity index (χ1n) is 5.36. The molecule has 0 radical (unpaired) electrons. The molecule has 1 aromatic rings. The zero-order valence-corrected chi connectivity index (χ0v) is 12.3. The monoisotopic (exact) mass is 287 g/mol. The zero-order chi connectivity index (χ0) is 13.9. The predicted octanol–water partition coefficient (Wildman–Crippen LogP) is 0.505. The third kappa shape index (κ3) is 3.92. The van der Waals surface area contributed by atoms with Crippen molar-refractivity contribution in [2.24, 2.45) is 5.73 Å². The second kappa shape index (κ2) is 5.62. The molecule has 1 heterocycles. The van der Waals surface area contributed by atoms with E-state index in [0.717, 1.165) is 5.56 Å². The molecule has 0 aliphatic rings. The molecule has 0 aliphatic heterocycles. The highest BCUT2D eigenvalue weighted by molar-refractivity contribution is 7.90. The third-order valence-corrected chi connectivity index (χ3v) is 3.67. The van der Waals surface area contributed by atoms with Crippen LogP contribution in [0.15, 0.2) is 12.3 Å². The summed E-state index contributed by atoms with van der Waals surface area (Å²) in [7, 11) is -1.23. The molecule has 0 aromatic carbocycles. The van der Waals surface area contributed by atoms with Gasteiger partial charge in [-0.1, -0.05) is 12.2 Å². The normalized spacial score (nSPS) is 11.3. The standard InChI is InChI=1S/C11H17N3O2S2/c1-8-4-5-13-11(9(8)10(12)17)14(2)6-7-18(3,15)16/h4-5H,6-7H2,1-3H3,(H2,12,17). The van der Waals surface area contributed by atoms with E-state index in [4.69, 9.17) is 18.0 Å². The van der Waals surface area contributed by atoms with Crippen molar-refractivity contribution in [1.29, 1.82) is 0 Å². The molecular formula is C11H17N3O2S2. The Bertz CT molecular complexity index is 555. The number of aryl methyl sites for hydroxylation is 1. The van der Waals surface area contributed by atoms with Crippen LogP contribution in [-0.2, 0) is 9.84 Å². The molecule has 2 N–H and O–H groups in total. The summed E-state index contributed by atoms with van der Waals surface area (Å²) >= 11 is 5.01. The number of pyridine rings is 1. The number of sulfone groups is 1. The Balaban J connectivity index is 3.02. The van der Waals surface area contributed by atoms with E-state index in [-0.39, 0.29) is 10.7 Å². The van der Waals surface area contributed by atoms with Crippen LogP contribution >= 0.6 is 12.2 Å². The fourth-order valence-corrected chi connectivity index (χ4v) is 2.40. The van der Waals surface area contributed by atoms with E-state index in [1.54, 1.807) is 18.1 Å². The van der Waals surface area contributed by atoms with Crippen LogP contribution in [-0.4, -0.2) is 44.0 Å². The van der Waals surface area contributed by atoms with Gasteiger partial charge < -0.3 is 10.6 Å². The van der Waals surface area contributed by atoms with Gasteiger partial charge in [0.05, 0.1) is 11.3 Å². The number of anilines is 1. The highest BCUT2D eigenvalue weighted by atomic mass is 32.2. The van der Waals surface area contributed by atoms with Gasteiger partial charge in [0, 0.05) is 26.0 Å². The third-order valence-electron chi connectivity index (χ3n) is 2.54. The average Bonchev–Trinajstić information content (AvgIpc) is 2.24. The molecule has 1 aromatic heterocycles. The Hall–Kier alpha value is -1.21. The lowest BCUT2D eigenvalue weighted by molar-refractivity contribution is 0.601. The summed E-state index contributed by atoms with van der Waals surface area (Å²) in [6.45, 7) is 2.25. The SMILES string of the molecule is Cc1ccnc(N(C)CCS(C)(=O)=O)c1C(N)=S. The lowest BCUT2D eigenvalue weighted by Crippen LogP contribution is -2.28. The Labute approximate surface area is 113 Å². The van der Waals surface area contributed by atoms with Gasteiger partial charge in [-0.3, -0.25) is 0 Å². The van der Waals surface area contributed by atoms with E-state index in [2.05, 4.69) is 4.98 Å². The van der Waals surface area contributed by atoms with Crippen LogP contribution in [0.25, 0.3) is 0 Å². The second-order valence-electron chi connectivity index (χ2n) is 4.24. The summed E-state index contributed by atoms with van der Waals surface area (Å²) in [6.07, 6.45) is 2.86. The molecule has 0 bridgehead atoms. The summed E-state index contributed by atoms with van der Waals surface area (Å²) in [5, 5.41) is 0. The smallest absolute Gasteiger partial charge is 0.149 e. The van der Waals surface area contributed by atoms with Gasteiger partial charge in [0.2, 0.25) is 0 Å². The molecule has 18 heavy (non-hydrogen) atoms. The fourth-order valence-electron chi connectivity index (χ4n) is 1.55. The van der Waals surface area contributed by atoms with Crippen LogP contribution in [0.3, 0.4) is 0 Å². The van der Waals surface area contributed by atoms with Crippen LogP contribution in [0.5, 0.6) is 0 Å². The first-order chi connectivity index (χ1) is 8.22. The van der Waals surface area contributed by atoms with Crippen LogP contribution in [0.2, 0.25) is 0 Å². The van der Waals surface area contributed by atoms with Gasteiger partial charge in [-0.25, -0.2) is 13.4 Å². The highest BCUT2D eigenvalue weighted by Gasteiger charge is 2.15. The molecule has 0 fully saturated rings. The number of hydrogen-bond acceptors (Lipinski definition) is 5. The average molecular weight is 287 g/mol. The minimum absolute atomic E-state index is 0.0654. The van der Waals surface area contributed by atoms with E-state index < -0.39 is 9.84 Å². The molecule has 0 spiro atoms. The number of thiocarbonyl (C=S) groups is 1. The summed E-state index contributed by atoms with van der Waals surface area (Å²) in [6, 6.07) is 1.82. The molecule has 0 saturated heterocycles. The van der Waals surface area contributed by atoms with Crippen molar-refractivity contribution in [3.05, 3.63) is 23.4 Å². The lowest BCUT2D eigenvalue weighted by atomic mass is 10.1. The largest absolute Gasteiger partial charge is 0.389 e. The van der Waals surface area contributed by atoms with Gasteiger partial charge in [0.25, 0.3) is 0 Å². The van der Waals surface area contributed by atoms with Crippen LogP contribution in [0, 0.1) is 6.92 Å². The van der Waals surface area contributed by atoms with Crippen LogP contribution < -0.4 is 10.6 Å². The van der Waals surface area contributed by atoms with E-state index in [9.17, 15) is 8.42 Å². The molecule has 0 saturated carbocycles.